The van der Waals surface area contributed by atoms with Gasteiger partial charge < -0.3 is 16.0 Å². The Bertz CT molecular complexity index is 913. The number of rotatable bonds is 3. The van der Waals surface area contributed by atoms with E-state index in [1.807, 2.05) is 18.2 Å². The zero-order valence-corrected chi connectivity index (χ0v) is 18.1. The van der Waals surface area contributed by atoms with Gasteiger partial charge in [0.1, 0.15) is 5.84 Å². The molecule has 30 heavy (non-hydrogen) atoms. The summed E-state index contributed by atoms with van der Waals surface area (Å²) in [6, 6.07) is 17.1. The van der Waals surface area contributed by atoms with Crippen molar-refractivity contribution in [3.05, 3.63) is 59.1 Å². The first-order valence-electron chi connectivity index (χ1n) is 11.1. The summed E-state index contributed by atoms with van der Waals surface area (Å²) in [5.74, 6) is 1.07. The Hall–Kier alpha value is -2.08. The van der Waals surface area contributed by atoms with Crippen molar-refractivity contribution in [2.45, 2.75) is 43.8 Å². The molecule has 2 aromatic carbocycles. The van der Waals surface area contributed by atoms with E-state index in [2.05, 4.69) is 51.2 Å². The molecule has 1 spiro atoms. The number of hydrogen-bond acceptors (Lipinski definition) is 4. The predicted molar refractivity (Wildman–Crippen MR) is 126 cm³/mol. The van der Waals surface area contributed by atoms with Gasteiger partial charge >= 0.3 is 0 Å². The molecule has 0 amide bonds. The number of para-hydroxylation sites is 2. The van der Waals surface area contributed by atoms with Gasteiger partial charge in [-0.1, -0.05) is 35.9 Å². The molecular weight excluding hydrogens is 394 g/mol. The van der Waals surface area contributed by atoms with Crippen molar-refractivity contribution in [1.29, 1.82) is 0 Å². The van der Waals surface area contributed by atoms with Crippen molar-refractivity contribution in [3.63, 3.8) is 0 Å². The van der Waals surface area contributed by atoms with E-state index in [-0.39, 0.29) is 5.54 Å². The zero-order valence-electron chi connectivity index (χ0n) is 17.3. The molecule has 1 aliphatic carbocycles. The third kappa shape index (κ3) is 4.07. The van der Waals surface area contributed by atoms with Crippen LogP contribution in [0.15, 0.2) is 53.5 Å². The van der Waals surface area contributed by atoms with Gasteiger partial charge in [0.15, 0.2) is 0 Å². The highest BCUT2D eigenvalue weighted by Gasteiger charge is 2.43. The minimum Gasteiger partial charge on any atom is -0.371 e. The van der Waals surface area contributed by atoms with Crippen molar-refractivity contribution < 1.29 is 0 Å². The fourth-order valence-corrected chi connectivity index (χ4v) is 5.34. The van der Waals surface area contributed by atoms with Gasteiger partial charge in [0.2, 0.25) is 0 Å². The first kappa shape index (κ1) is 19.9. The lowest BCUT2D eigenvalue weighted by Gasteiger charge is -2.48. The molecule has 0 bridgehead atoms. The first-order chi connectivity index (χ1) is 14.7. The lowest BCUT2D eigenvalue weighted by molar-refractivity contribution is 0.128. The van der Waals surface area contributed by atoms with Gasteiger partial charge in [-0.05, 0) is 55.5 Å². The van der Waals surface area contributed by atoms with E-state index in [1.54, 1.807) is 0 Å². The summed E-state index contributed by atoms with van der Waals surface area (Å²) in [4.78, 5) is 7.75. The normalized spacial score (nSPS) is 28.0. The molecule has 158 valence electrons. The number of nitrogens with zero attached hydrogens (tertiary/aromatic N) is 2. The number of aliphatic imine (C=N–C) groups is 1. The minimum atomic E-state index is -0.114. The topological polar surface area (TPSA) is 51.7 Å². The summed E-state index contributed by atoms with van der Waals surface area (Å²) in [5.41, 5.74) is 3.31. The quantitative estimate of drug-likeness (QED) is 0.686. The average Bonchev–Trinajstić information content (AvgIpc) is 2.79. The molecule has 6 heteroatoms. The Morgan fingerprint density at radius 2 is 1.77 bits per heavy atom. The molecule has 3 aliphatic rings. The van der Waals surface area contributed by atoms with E-state index in [0.717, 1.165) is 48.0 Å². The Kier molecular flexibility index (Phi) is 5.68. The van der Waals surface area contributed by atoms with Crippen LogP contribution in [0.1, 0.15) is 31.2 Å². The van der Waals surface area contributed by atoms with Crippen LogP contribution in [0, 0.1) is 0 Å². The fraction of sp³-hybridized carbons (Fsp3) is 0.458. The predicted octanol–water partition coefficient (Wildman–Crippen LogP) is 4.36. The van der Waals surface area contributed by atoms with Crippen LogP contribution in [0.25, 0.3) is 0 Å². The van der Waals surface area contributed by atoms with Gasteiger partial charge in [0.25, 0.3) is 0 Å². The van der Waals surface area contributed by atoms with Crippen LogP contribution >= 0.6 is 11.6 Å². The SMILES string of the molecule is Clc1cccc(CN=C2Nc3ccccc3NC23CCC(N2CCNCC2)CC3)c1. The maximum Gasteiger partial charge on any atom is 0.127 e. The van der Waals surface area contributed by atoms with Crippen molar-refractivity contribution >= 4 is 28.8 Å². The van der Waals surface area contributed by atoms with E-state index in [4.69, 9.17) is 16.6 Å². The summed E-state index contributed by atoms with van der Waals surface area (Å²) in [6.45, 7) is 5.20. The number of hydrogen-bond donors (Lipinski definition) is 3. The van der Waals surface area contributed by atoms with Gasteiger partial charge in [0.05, 0.1) is 23.5 Å². The summed E-state index contributed by atoms with van der Waals surface area (Å²) in [6.07, 6.45) is 4.59. The van der Waals surface area contributed by atoms with Crippen LogP contribution in [0.4, 0.5) is 11.4 Å². The molecule has 2 aliphatic heterocycles. The molecule has 0 radical (unpaired) electrons. The first-order valence-corrected chi connectivity index (χ1v) is 11.5. The van der Waals surface area contributed by atoms with Crippen molar-refractivity contribution in [2.24, 2.45) is 4.99 Å². The number of fused-ring (bicyclic) bond motifs is 1. The third-order valence-electron chi connectivity index (χ3n) is 6.79. The number of anilines is 2. The second-order valence-electron chi connectivity index (χ2n) is 8.69. The molecule has 0 unspecified atom stereocenters. The maximum absolute atomic E-state index is 6.18. The lowest BCUT2D eigenvalue weighted by Crippen LogP contribution is -2.58. The van der Waals surface area contributed by atoms with Crippen molar-refractivity contribution in [1.82, 2.24) is 10.2 Å². The standard InChI is InChI=1S/C24H30ClN5/c25-19-5-3-4-18(16-19)17-27-23-24(29-22-7-2-1-6-21(22)28-23)10-8-20(9-11-24)30-14-12-26-13-15-30/h1-7,16,20,26,29H,8-15,17H2,(H,27,28). The number of nitrogens with one attached hydrogen (secondary N) is 3. The third-order valence-corrected chi connectivity index (χ3v) is 7.03. The van der Waals surface area contributed by atoms with Gasteiger partial charge in [-0.3, -0.25) is 9.89 Å². The Morgan fingerprint density at radius 3 is 2.53 bits per heavy atom. The van der Waals surface area contributed by atoms with Gasteiger partial charge in [0, 0.05) is 37.2 Å². The second-order valence-corrected chi connectivity index (χ2v) is 9.13. The lowest BCUT2D eigenvalue weighted by atomic mass is 9.76. The monoisotopic (exact) mass is 423 g/mol. The van der Waals surface area contributed by atoms with Crippen LogP contribution in [0.5, 0.6) is 0 Å². The molecule has 5 rings (SSSR count). The zero-order chi connectivity index (χ0) is 20.4. The van der Waals surface area contributed by atoms with Crippen molar-refractivity contribution in [2.75, 3.05) is 36.8 Å². The van der Waals surface area contributed by atoms with Crippen LogP contribution < -0.4 is 16.0 Å². The molecule has 1 saturated carbocycles. The fourth-order valence-electron chi connectivity index (χ4n) is 5.13. The Morgan fingerprint density at radius 1 is 1.00 bits per heavy atom. The maximum atomic E-state index is 6.18. The van der Waals surface area contributed by atoms with Crippen molar-refractivity contribution in [3.8, 4) is 0 Å². The van der Waals surface area contributed by atoms with Crippen LogP contribution in [-0.4, -0.2) is 48.5 Å². The summed E-state index contributed by atoms with van der Waals surface area (Å²) >= 11 is 6.18. The van der Waals surface area contributed by atoms with Gasteiger partial charge in [-0.15, -0.1) is 0 Å². The highest BCUT2D eigenvalue weighted by Crippen LogP contribution is 2.40. The largest absolute Gasteiger partial charge is 0.371 e. The van der Waals surface area contributed by atoms with Crippen LogP contribution in [-0.2, 0) is 6.54 Å². The van der Waals surface area contributed by atoms with E-state index in [0.29, 0.717) is 12.6 Å². The van der Waals surface area contributed by atoms with E-state index >= 15 is 0 Å². The molecule has 0 aromatic heterocycles. The second kappa shape index (κ2) is 8.58. The number of amidine groups is 1. The molecule has 2 aromatic rings. The summed E-state index contributed by atoms with van der Waals surface area (Å²) in [7, 11) is 0. The van der Waals surface area contributed by atoms with E-state index in [1.165, 1.54) is 31.6 Å². The molecule has 3 N–H and O–H groups in total. The number of piperazine rings is 1. The molecular formula is C24H30ClN5. The van der Waals surface area contributed by atoms with E-state index in [9.17, 15) is 0 Å². The van der Waals surface area contributed by atoms with E-state index < -0.39 is 0 Å². The summed E-state index contributed by atoms with van der Waals surface area (Å²) < 4.78 is 0. The molecule has 5 nitrogen and oxygen atoms in total. The molecule has 2 heterocycles. The number of halogens is 1. The Labute approximate surface area is 183 Å². The minimum absolute atomic E-state index is 0.114. The average molecular weight is 424 g/mol. The van der Waals surface area contributed by atoms with Crippen LogP contribution in [0.2, 0.25) is 5.02 Å². The smallest absolute Gasteiger partial charge is 0.127 e. The Balaban J connectivity index is 1.38. The van der Waals surface area contributed by atoms with Gasteiger partial charge in [-0.25, -0.2) is 0 Å². The molecule has 0 atom stereocenters. The summed E-state index contributed by atoms with van der Waals surface area (Å²) in [5, 5.41) is 11.8. The highest BCUT2D eigenvalue weighted by molar-refractivity contribution is 6.30. The van der Waals surface area contributed by atoms with Gasteiger partial charge in [-0.2, -0.15) is 0 Å². The highest BCUT2D eigenvalue weighted by atomic mass is 35.5. The molecule has 1 saturated heterocycles. The molecule has 2 fully saturated rings. The number of benzene rings is 2. The van der Waals surface area contributed by atoms with Crippen LogP contribution in [0.3, 0.4) is 0 Å².